The molecular formula is C17H14Cl2F2N2O2. The lowest BCUT2D eigenvalue weighted by Crippen LogP contribution is -2.31. The van der Waals surface area contributed by atoms with Gasteiger partial charge in [-0.25, -0.2) is 8.78 Å². The molecule has 0 radical (unpaired) electrons. The Labute approximate surface area is 153 Å². The second-order valence-corrected chi connectivity index (χ2v) is 5.99. The van der Waals surface area contributed by atoms with Crippen LogP contribution in [0, 0.1) is 11.6 Å². The van der Waals surface area contributed by atoms with Gasteiger partial charge in [0.05, 0.1) is 5.56 Å². The van der Waals surface area contributed by atoms with Gasteiger partial charge in [-0.15, -0.1) is 0 Å². The lowest BCUT2D eigenvalue weighted by Gasteiger charge is -2.09. The van der Waals surface area contributed by atoms with Crippen molar-refractivity contribution in [2.45, 2.75) is 13.0 Å². The highest BCUT2D eigenvalue weighted by atomic mass is 35.5. The van der Waals surface area contributed by atoms with E-state index in [0.717, 1.165) is 12.1 Å². The Morgan fingerprint density at radius 2 is 1.76 bits per heavy atom. The van der Waals surface area contributed by atoms with Crippen molar-refractivity contribution in [1.82, 2.24) is 10.6 Å². The SMILES string of the molecule is O=C(CCNC(=O)c1ccc(F)cc1F)NCc1ccc(Cl)cc1Cl. The topological polar surface area (TPSA) is 58.2 Å². The minimum absolute atomic E-state index is 0.000236. The van der Waals surface area contributed by atoms with Crippen molar-refractivity contribution in [3.63, 3.8) is 0 Å². The van der Waals surface area contributed by atoms with Crippen LogP contribution in [0.5, 0.6) is 0 Å². The largest absolute Gasteiger partial charge is 0.352 e. The van der Waals surface area contributed by atoms with Crippen molar-refractivity contribution in [2.24, 2.45) is 0 Å². The number of nitrogens with one attached hydrogen (secondary N) is 2. The van der Waals surface area contributed by atoms with Gasteiger partial charge in [-0.3, -0.25) is 9.59 Å². The van der Waals surface area contributed by atoms with Crippen LogP contribution in [0.15, 0.2) is 36.4 Å². The summed E-state index contributed by atoms with van der Waals surface area (Å²) in [5.41, 5.74) is 0.423. The Bertz CT molecular complexity index is 800. The molecule has 2 amide bonds. The molecule has 0 aromatic heterocycles. The van der Waals surface area contributed by atoms with Gasteiger partial charge in [0.25, 0.3) is 5.91 Å². The maximum absolute atomic E-state index is 13.5. The van der Waals surface area contributed by atoms with Crippen molar-refractivity contribution < 1.29 is 18.4 Å². The highest BCUT2D eigenvalue weighted by Crippen LogP contribution is 2.20. The molecule has 132 valence electrons. The Balaban J connectivity index is 1.77. The van der Waals surface area contributed by atoms with Crippen LogP contribution in [-0.4, -0.2) is 18.4 Å². The summed E-state index contributed by atoms with van der Waals surface area (Å²) in [6.07, 6.45) is -0.000236. The molecule has 2 aromatic rings. The van der Waals surface area contributed by atoms with Crippen LogP contribution in [0.25, 0.3) is 0 Å². The molecule has 0 saturated heterocycles. The summed E-state index contributed by atoms with van der Waals surface area (Å²) in [7, 11) is 0. The summed E-state index contributed by atoms with van der Waals surface area (Å²) in [4.78, 5) is 23.5. The molecule has 0 heterocycles. The summed E-state index contributed by atoms with van der Waals surface area (Å²) in [5.74, 6) is -2.76. The Morgan fingerprint density at radius 3 is 2.44 bits per heavy atom. The number of halogens is 4. The van der Waals surface area contributed by atoms with Gasteiger partial charge >= 0.3 is 0 Å². The highest BCUT2D eigenvalue weighted by molar-refractivity contribution is 6.35. The summed E-state index contributed by atoms with van der Waals surface area (Å²) in [6, 6.07) is 7.58. The number of carbonyl (C=O) groups excluding carboxylic acids is 2. The van der Waals surface area contributed by atoms with E-state index in [1.54, 1.807) is 18.2 Å². The summed E-state index contributed by atoms with van der Waals surface area (Å²) < 4.78 is 26.3. The quantitative estimate of drug-likeness (QED) is 0.794. The van der Waals surface area contributed by atoms with Gasteiger partial charge in [-0.05, 0) is 29.8 Å². The van der Waals surface area contributed by atoms with Crippen molar-refractivity contribution in [3.05, 3.63) is 69.2 Å². The van der Waals surface area contributed by atoms with E-state index in [1.165, 1.54) is 0 Å². The fourth-order valence-electron chi connectivity index (χ4n) is 2.01. The minimum atomic E-state index is -0.959. The van der Waals surface area contributed by atoms with Crippen molar-refractivity contribution in [3.8, 4) is 0 Å². The van der Waals surface area contributed by atoms with Crippen molar-refractivity contribution in [1.29, 1.82) is 0 Å². The molecule has 0 aliphatic heterocycles. The number of carbonyl (C=O) groups is 2. The molecule has 0 bridgehead atoms. The normalized spacial score (nSPS) is 10.4. The van der Waals surface area contributed by atoms with E-state index >= 15 is 0 Å². The van der Waals surface area contributed by atoms with Gasteiger partial charge in [0.2, 0.25) is 5.91 Å². The number of benzene rings is 2. The van der Waals surface area contributed by atoms with Gasteiger partial charge in [0.1, 0.15) is 11.6 Å². The molecule has 0 saturated carbocycles. The fraction of sp³-hybridized carbons (Fsp3) is 0.176. The fourth-order valence-corrected chi connectivity index (χ4v) is 2.48. The first-order chi connectivity index (χ1) is 11.9. The van der Waals surface area contributed by atoms with E-state index in [9.17, 15) is 18.4 Å². The van der Waals surface area contributed by atoms with E-state index < -0.39 is 17.5 Å². The van der Waals surface area contributed by atoms with E-state index in [1.807, 2.05) is 0 Å². The van der Waals surface area contributed by atoms with Crippen LogP contribution in [0.3, 0.4) is 0 Å². The molecule has 0 aliphatic carbocycles. The Morgan fingerprint density at radius 1 is 1.00 bits per heavy atom. The second-order valence-electron chi connectivity index (χ2n) is 5.14. The molecule has 0 spiro atoms. The van der Waals surface area contributed by atoms with Gasteiger partial charge in [0.15, 0.2) is 0 Å². The third-order valence-corrected chi connectivity index (χ3v) is 3.89. The number of hydrogen-bond acceptors (Lipinski definition) is 2. The lowest BCUT2D eigenvalue weighted by atomic mass is 10.2. The Hall–Kier alpha value is -2.18. The van der Waals surface area contributed by atoms with E-state index in [2.05, 4.69) is 10.6 Å². The minimum Gasteiger partial charge on any atom is -0.352 e. The van der Waals surface area contributed by atoms with Crippen LogP contribution >= 0.6 is 23.2 Å². The lowest BCUT2D eigenvalue weighted by molar-refractivity contribution is -0.121. The van der Waals surface area contributed by atoms with Gasteiger partial charge < -0.3 is 10.6 Å². The summed E-state index contributed by atoms with van der Waals surface area (Å²) in [6.45, 7) is 0.227. The molecule has 0 aliphatic rings. The average Bonchev–Trinajstić information content (AvgIpc) is 2.53. The Kier molecular flexibility index (Phi) is 6.73. The zero-order valence-corrected chi connectivity index (χ0v) is 14.4. The highest BCUT2D eigenvalue weighted by Gasteiger charge is 2.12. The standard InChI is InChI=1S/C17H14Cl2F2N2O2/c18-11-2-1-10(14(19)7-11)9-23-16(24)5-6-22-17(25)13-4-3-12(20)8-15(13)21/h1-4,7-8H,5-6,9H2,(H,22,25)(H,23,24). The first kappa shape index (κ1) is 19.1. The number of rotatable bonds is 6. The zero-order chi connectivity index (χ0) is 18.4. The summed E-state index contributed by atoms with van der Waals surface area (Å²) >= 11 is 11.8. The van der Waals surface area contributed by atoms with Crippen LogP contribution in [-0.2, 0) is 11.3 Å². The van der Waals surface area contributed by atoms with Crippen molar-refractivity contribution >= 4 is 35.0 Å². The second kappa shape index (κ2) is 8.78. The summed E-state index contributed by atoms with van der Waals surface area (Å²) in [5, 5.41) is 5.99. The molecule has 0 unspecified atom stereocenters. The van der Waals surface area contributed by atoms with E-state index in [0.29, 0.717) is 21.7 Å². The smallest absolute Gasteiger partial charge is 0.254 e. The maximum atomic E-state index is 13.5. The van der Waals surface area contributed by atoms with Crippen LogP contribution in [0.4, 0.5) is 8.78 Å². The predicted octanol–water partition coefficient (Wildman–Crippen LogP) is 3.71. The van der Waals surface area contributed by atoms with Gasteiger partial charge in [-0.2, -0.15) is 0 Å². The first-order valence-corrected chi connectivity index (χ1v) is 8.06. The molecule has 2 aromatic carbocycles. The molecule has 8 heteroatoms. The molecule has 25 heavy (non-hydrogen) atoms. The van der Waals surface area contributed by atoms with E-state index in [4.69, 9.17) is 23.2 Å². The van der Waals surface area contributed by atoms with Crippen LogP contribution in [0.1, 0.15) is 22.3 Å². The average molecular weight is 387 g/mol. The molecular weight excluding hydrogens is 373 g/mol. The van der Waals surface area contributed by atoms with Crippen LogP contribution < -0.4 is 10.6 Å². The van der Waals surface area contributed by atoms with Crippen LogP contribution in [0.2, 0.25) is 10.0 Å². The number of amides is 2. The maximum Gasteiger partial charge on any atom is 0.254 e. The molecule has 2 N–H and O–H groups in total. The third kappa shape index (κ3) is 5.69. The zero-order valence-electron chi connectivity index (χ0n) is 12.9. The van der Waals surface area contributed by atoms with Crippen molar-refractivity contribution in [2.75, 3.05) is 6.54 Å². The van der Waals surface area contributed by atoms with E-state index in [-0.39, 0.29) is 31.0 Å². The third-order valence-electron chi connectivity index (χ3n) is 3.30. The molecule has 0 fully saturated rings. The molecule has 0 atom stereocenters. The van der Waals surface area contributed by atoms with Gasteiger partial charge in [-0.1, -0.05) is 29.3 Å². The molecule has 4 nitrogen and oxygen atoms in total. The predicted molar refractivity (Wildman–Crippen MR) is 91.6 cm³/mol. The van der Waals surface area contributed by atoms with Gasteiger partial charge in [0, 0.05) is 35.6 Å². The number of hydrogen-bond donors (Lipinski definition) is 2. The first-order valence-electron chi connectivity index (χ1n) is 7.30. The monoisotopic (exact) mass is 386 g/mol. The molecule has 2 rings (SSSR count).